The lowest BCUT2D eigenvalue weighted by molar-refractivity contribution is 0.628. The smallest absolute Gasteiger partial charge is 0.125 e. The van der Waals surface area contributed by atoms with Crippen molar-refractivity contribution in [3.05, 3.63) is 51.2 Å². The highest BCUT2D eigenvalue weighted by Gasteiger charge is 2.08. The molecule has 0 aromatic heterocycles. The molecule has 0 fully saturated rings. The van der Waals surface area contributed by atoms with Crippen molar-refractivity contribution in [2.75, 3.05) is 11.1 Å². The second-order valence-corrected chi connectivity index (χ2v) is 4.82. The van der Waals surface area contributed by atoms with E-state index in [9.17, 15) is 4.39 Å². The topological polar surface area (TPSA) is 38.0 Å². The largest absolute Gasteiger partial charge is 0.397 e. The molecule has 2 aromatic carbocycles. The van der Waals surface area contributed by atoms with Crippen LogP contribution in [-0.2, 0) is 0 Å². The fraction of sp³-hybridized carbons (Fsp3) is 0. The maximum Gasteiger partial charge on any atom is 0.125 e. The van der Waals surface area contributed by atoms with Crippen molar-refractivity contribution < 1.29 is 4.39 Å². The number of nitrogen functional groups attached to an aromatic ring is 1. The molecule has 0 aliphatic carbocycles. The van der Waals surface area contributed by atoms with Gasteiger partial charge in [-0.25, -0.2) is 4.39 Å². The van der Waals surface area contributed by atoms with Crippen LogP contribution in [0.15, 0.2) is 30.3 Å². The molecule has 0 aliphatic rings. The number of rotatable bonds is 2. The molecule has 0 aliphatic heterocycles. The predicted molar refractivity (Wildman–Crippen MR) is 75.6 cm³/mol. The predicted octanol–water partition coefficient (Wildman–Crippen LogP) is 5.11. The van der Waals surface area contributed by atoms with E-state index >= 15 is 0 Å². The van der Waals surface area contributed by atoms with E-state index in [2.05, 4.69) is 5.32 Å². The van der Waals surface area contributed by atoms with Gasteiger partial charge in [-0.3, -0.25) is 0 Å². The first-order chi connectivity index (χ1) is 8.47. The maximum absolute atomic E-state index is 13.1. The van der Waals surface area contributed by atoms with Gasteiger partial charge in [0.05, 0.1) is 32.1 Å². The van der Waals surface area contributed by atoms with Gasteiger partial charge < -0.3 is 11.1 Å². The van der Waals surface area contributed by atoms with Gasteiger partial charge in [0.1, 0.15) is 5.82 Å². The molecule has 0 saturated heterocycles. The Morgan fingerprint density at radius 3 is 2.28 bits per heavy atom. The standard InChI is InChI=1S/C12H8Cl3FN2/c13-7-2-1-6(16)3-11(7)18-12-5-9(15)8(14)4-10(12)17/h1-5,18H,17H2. The number of benzene rings is 2. The molecule has 2 aromatic rings. The van der Waals surface area contributed by atoms with E-state index in [1.165, 1.54) is 24.3 Å². The Morgan fingerprint density at radius 2 is 1.56 bits per heavy atom. The van der Waals surface area contributed by atoms with E-state index in [1.54, 1.807) is 6.07 Å². The number of hydrogen-bond acceptors (Lipinski definition) is 2. The molecule has 0 atom stereocenters. The Labute approximate surface area is 118 Å². The van der Waals surface area contributed by atoms with E-state index < -0.39 is 5.82 Å². The van der Waals surface area contributed by atoms with Gasteiger partial charge in [0.15, 0.2) is 0 Å². The third-order valence-electron chi connectivity index (χ3n) is 2.29. The van der Waals surface area contributed by atoms with Crippen molar-refractivity contribution in [3.63, 3.8) is 0 Å². The van der Waals surface area contributed by atoms with Gasteiger partial charge in [-0.2, -0.15) is 0 Å². The molecule has 0 amide bonds. The van der Waals surface area contributed by atoms with Crippen LogP contribution >= 0.6 is 34.8 Å². The van der Waals surface area contributed by atoms with Gasteiger partial charge in [-0.1, -0.05) is 34.8 Å². The van der Waals surface area contributed by atoms with Crippen molar-refractivity contribution in [1.82, 2.24) is 0 Å². The number of nitrogens with one attached hydrogen (secondary N) is 1. The van der Waals surface area contributed by atoms with Crippen molar-refractivity contribution in [2.45, 2.75) is 0 Å². The zero-order valence-electron chi connectivity index (χ0n) is 8.98. The van der Waals surface area contributed by atoms with E-state index in [0.29, 0.717) is 32.1 Å². The first-order valence-corrected chi connectivity index (χ1v) is 6.07. The van der Waals surface area contributed by atoms with Gasteiger partial charge >= 0.3 is 0 Å². The van der Waals surface area contributed by atoms with Crippen molar-refractivity contribution in [2.24, 2.45) is 0 Å². The second kappa shape index (κ2) is 5.22. The van der Waals surface area contributed by atoms with Gasteiger partial charge in [0, 0.05) is 0 Å². The Bertz CT molecular complexity index is 602. The summed E-state index contributed by atoms with van der Waals surface area (Å²) in [6.07, 6.45) is 0. The molecule has 2 rings (SSSR count). The van der Waals surface area contributed by atoms with Crippen LogP contribution in [0.5, 0.6) is 0 Å². The molecule has 0 bridgehead atoms. The number of nitrogens with two attached hydrogens (primary N) is 1. The summed E-state index contributed by atoms with van der Waals surface area (Å²) < 4.78 is 13.1. The van der Waals surface area contributed by atoms with Crippen molar-refractivity contribution in [1.29, 1.82) is 0 Å². The summed E-state index contributed by atoms with van der Waals surface area (Å²) in [6, 6.07) is 7.06. The zero-order chi connectivity index (χ0) is 13.3. The second-order valence-electron chi connectivity index (χ2n) is 3.60. The minimum Gasteiger partial charge on any atom is -0.397 e. The Balaban J connectivity index is 2.40. The molecule has 3 N–H and O–H groups in total. The number of hydrogen-bond donors (Lipinski definition) is 2. The molecular weight excluding hydrogens is 298 g/mol. The van der Waals surface area contributed by atoms with Crippen molar-refractivity contribution in [3.8, 4) is 0 Å². The summed E-state index contributed by atoms with van der Waals surface area (Å²) in [4.78, 5) is 0. The highest BCUT2D eigenvalue weighted by Crippen LogP contribution is 2.34. The van der Waals surface area contributed by atoms with E-state index in [0.717, 1.165) is 0 Å². The Morgan fingerprint density at radius 1 is 0.889 bits per heavy atom. The molecule has 94 valence electrons. The lowest BCUT2D eigenvalue weighted by Crippen LogP contribution is -1.97. The molecule has 0 saturated carbocycles. The normalized spacial score (nSPS) is 10.4. The van der Waals surface area contributed by atoms with Crippen LogP contribution in [0.1, 0.15) is 0 Å². The van der Waals surface area contributed by atoms with Crippen LogP contribution in [0.25, 0.3) is 0 Å². The molecule has 0 unspecified atom stereocenters. The fourth-order valence-electron chi connectivity index (χ4n) is 1.41. The molecule has 0 radical (unpaired) electrons. The third kappa shape index (κ3) is 2.80. The van der Waals surface area contributed by atoms with Gasteiger partial charge in [0.25, 0.3) is 0 Å². The highest BCUT2D eigenvalue weighted by atomic mass is 35.5. The monoisotopic (exact) mass is 304 g/mol. The summed E-state index contributed by atoms with van der Waals surface area (Å²) in [5.41, 5.74) is 7.09. The first kappa shape index (κ1) is 13.3. The van der Waals surface area contributed by atoms with Crippen LogP contribution in [-0.4, -0.2) is 0 Å². The Hall–Kier alpha value is -1.16. The fourth-order valence-corrected chi connectivity index (χ4v) is 1.91. The average molecular weight is 306 g/mol. The van der Waals surface area contributed by atoms with Crippen LogP contribution in [0.3, 0.4) is 0 Å². The van der Waals surface area contributed by atoms with Gasteiger partial charge in [-0.05, 0) is 30.3 Å². The van der Waals surface area contributed by atoms with E-state index in [-0.39, 0.29) is 0 Å². The Kier molecular flexibility index (Phi) is 3.85. The summed E-state index contributed by atoms with van der Waals surface area (Å²) in [6.45, 7) is 0. The zero-order valence-corrected chi connectivity index (χ0v) is 11.2. The number of anilines is 3. The summed E-state index contributed by atoms with van der Waals surface area (Å²) in [5.74, 6) is -0.402. The molecule has 6 heteroatoms. The molecule has 18 heavy (non-hydrogen) atoms. The van der Waals surface area contributed by atoms with Crippen LogP contribution in [0.4, 0.5) is 21.5 Å². The minimum atomic E-state index is -0.402. The van der Waals surface area contributed by atoms with Crippen molar-refractivity contribution >= 4 is 51.9 Å². The summed E-state index contributed by atoms with van der Waals surface area (Å²) in [5, 5.41) is 3.99. The molecular formula is C12H8Cl3FN2. The summed E-state index contributed by atoms with van der Waals surface area (Å²) >= 11 is 17.6. The molecule has 0 heterocycles. The number of halogens is 4. The molecule has 2 nitrogen and oxygen atoms in total. The quantitative estimate of drug-likeness (QED) is 0.756. The minimum absolute atomic E-state index is 0.348. The third-order valence-corrected chi connectivity index (χ3v) is 3.34. The lowest BCUT2D eigenvalue weighted by Gasteiger charge is -2.12. The van der Waals surface area contributed by atoms with E-state index in [4.69, 9.17) is 40.5 Å². The van der Waals surface area contributed by atoms with Crippen LogP contribution in [0, 0.1) is 5.82 Å². The summed E-state index contributed by atoms with van der Waals surface area (Å²) in [7, 11) is 0. The first-order valence-electron chi connectivity index (χ1n) is 4.94. The van der Waals surface area contributed by atoms with E-state index in [1.807, 2.05) is 0 Å². The SMILES string of the molecule is Nc1cc(Cl)c(Cl)cc1Nc1cc(F)ccc1Cl. The van der Waals surface area contributed by atoms with Crippen LogP contribution in [0.2, 0.25) is 15.1 Å². The van der Waals surface area contributed by atoms with Gasteiger partial charge in [-0.15, -0.1) is 0 Å². The van der Waals surface area contributed by atoms with Crippen LogP contribution < -0.4 is 11.1 Å². The lowest BCUT2D eigenvalue weighted by atomic mass is 10.2. The maximum atomic E-state index is 13.1. The highest BCUT2D eigenvalue weighted by molar-refractivity contribution is 6.42. The molecule has 0 spiro atoms. The average Bonchev–Trinajstić information content (AvgIpc) is 2.30. The van der Waals surface area contributed by atoms with Gasteiger partial charge in [0.2, 0.25) is 0 Å².